The number of aryl methyl sites for hydroxylation is 2. The number of hydrogen-bond donors (Lipinski definition) is 2. The van der Waals surface area contributed by atoms with Crippen molar-refractivity contribution in [2.75, 3.05) is 13.1 Å². The van der Waals surface area contributed by atoms with E-state index >= 15 is 0 Å². The minimum absolute atomic E-state index is 0.0134. The Labute approximate surface area is 125 Å². The van der Waals surface area contributed by atoms with E-state index in [1.807, 2.05) is 6.92 Å². The highest BCUT2D eigenvalue weighted by molar-refractivity contribution is 7.16. The fraction of sp³-hybridized carbons (Fsp3) is 0.583. The summed E-state index contributed by atoms with van der Waals surface area (Å²) >= 11 is 1.45. The minimum Gasteiger partial charge on any atom is -0.356 e. The number of nitrogens with one attached hydrogen (secondary N) is 2. The fourth-order valence-corrected chi connectivity index (χ4v) is 2.62. The molecule has 0 radical (unpaired) electrons. The van der Waals surface area contributed by atoms with Crippen molar-refractivity contribution in [3.05, 3.63) is 10.8 Å². The van der Waals surface area contributed by atoms with E-state index in [2.05, 4.69) is 25.9 Å². The van der Waals surface area contributed by atoms with E-state index in [9.17, 15) is 9.59 Å². The van der Waals surface area contributed by atoms with Crippen molar-refractivity contribution in [2.45, 2.75) is 33.1 Å². The molecule has 114 valence electrons. The lowest BCUT2D eigenvalue weighted by atomic mass is 10.3. The van der Waals surface area contributed by atoms with Crippen LogP contribution in [-0.2, 0) is 16.0 Å². The third kappa shape index (κ3) is 4.48. The summed E-state index contributed by atoms with van der Waals surface area (Å²) in [5.41, 5.74) is 0. The maximum Gasteiger partial charge on any atom is 0.234 e. The first kappa shape index (κ1) is 15.4. The summed E-state index contributed by atoms with van der Waals surface area (Å²) in [6, 6.07) is 0. The smallest absolute Gasteiger partial charge is 0.234 e. The third-order valence-corrected chi connectivity index (χ3v) is 3.76. The zero-order chi connectivity index (χ0) is 15.2. The molecule has 0 bridgehead atoms. The van der Waals surface area contributed by atoms with E-state index in [0.29, 0.717) is 25.9 Å². The Bertz CT molecular complexity index is 635. The van der Waals surface area contributed by atoms with Crippen LogP contribution in [-0.4, -0.2) is 44.7 Å². The van der Waals surface area contributed by atoms with Crippen molar-refractivity contribution < 1.29 is 9.59 Å². The molecule has 0 spiro atoms. The van der Waals surface area contributed by atoms with Crippen LogP contribution >= 0.6 is 11.3 Å². The first-order chi connectivity index (χ1) is 10.1. The second-order valence-corrected chi connectivity index (χ2v) is 5.66. The molecule has 2 heterocycles. The minimum atomic E-state index is -0.0557. The van der Waals surface area contributed by atoms with Crippen LogP contribution in [0.1, 0.15) is 30.6 Å². The van der Waals surface area contributed by atoms with Gasteiger partial charge in [0.15, 0.2) is 5.82 Å². The Hall–Kier alpha value is -2.03. The largest absolute Gasteiger partial charge is 0.356 e. The lowest BCUT2D eigenvalue weighted by molar-refractivity contribution is -0.121. The average Bonchev–Trinajstić information content (AvgIpc) is 2.98. The van der Waals surface area contributed by atoms with Gasteiger partial charge in [0.25, 0.3) is 0 Å². The van der Waals surface area contributed by atoms with Gasteiger partial charge in [0.2, 0.25) is 16.8 Å². The Kier molecular flexibility index (Phi) is 5.20. The van der Waals surface area contributed by atoms with Crippen molar-refractivity contribution in [2.24, 2.45) is 0 Å². The van der Waals surface area contributed by atoms with E-state index in [4.69, 9.17) is 0 Å². The van der Waals surface area contributed by atoms with Crippen LogP contribution in [0.3, 0.4) is 0 Å². The van der Waals surface area contributed by atoms with Gasteiger partial charge in [-0.2, -0.15) is 9.61 Å². The molecule has 8 nitrogen and oxygen atoms in total. The molecule has 0 unspecified atom stereocenters. The van der Waals surface area contributed by atoms with Crippen LogP contribution in [0.4, 0.5) is 0 Å². The second-order valence-electron chi connectivity index (χ2n) is 4.62. The van der Waals surface area contributed by atoms with Crippen molar-refractivity contribution in [3.8, 4) is 0 Å². The van der Waals surface area contributed by atoms with E-state index < -0.39 is 0 Å². The Balaban J connectivity index is 1.67. The molecule has 0 aliphatic carbocycles. The van der Waals surface area contributed by atoms with Gasteiger partial charge in [-0.1, -0.05) is 11.3 Å². The summed E-state index contributed by atoms with van der Waals surface area (Å²) in [6.07, 6.45) is 1.70. The number of fused-ring (bicyclic) bond motifs is 1. The monoisotopic (exact) mass is 310 g/mol. The molecule has 0 saturated heterocycles. The van der Waals surface area contributed by atoms with Crippen LogP contribution in [0.2, 0.25) is 0 Å². The first-order valence-electron chi connectivity index (χ1n) is 6.75. The molecular formula is C12H18N6O2S. The molecule has 21 heavy (non-hydrogen) atoms. The van der Waals surface area contributed by atoms with Crippen LogP contribution in [0.15, 0.2) is 0 Å². The van der Waals surface area contributed by atoms with Gasteiger partial charge in [0, 0.05) is 32.9 Å². The number of rotatable bonds is 7. The predicted molar refractivity (Wildman–Crippen MR) is 78.0 cm³/mol. The lowest BCUT2D eigenvalue weighted by Crippen LogP contribution is -2.28. The van der Waals surface area contributed by atoms with Gasteiger partial charge < -0.3 is 10.6 Å². The van der Waals surface area contributed by atoms with Crippen molar-refractivity contribution in [3.63, 3.8) is 0 Å². The third-order valence-electron chi connectivity index (χ3n) is 2.80. The van der Waals surface area contributed by atoms with Crippen molar-refractivity contribution in [1.82, 2.24) is 30.4 Å². The molecule has 0 saturated carbocycles. The van der Waals surface area contributed by atoms with Crippen molar-refractivity contribution in [1.29, 1.82) is 0 Å². The number of hydrogen-bond acceptors (Lipinski definition) is 6. The van der Waals surface area contributed by atoms with E-state index in [1.165, 1.54) is 18.3 Å². The first-order valence-corrected chi connectivity index (χ1v) is 7.57. The summed E-state index contributed by atoms with van der Waals surface area (Å²) in [7, 11) is 0. The standard InChI is InChI=1S/C12H18N6O2S/c1-8-15-16-12-18(8)17-11(21-12)5-4-10(20)14-7-3-6-13-9(2)19/h3-7H2,1-2H3,(H,13,19)(H,14,20). The Morgan fingerprint density at radius 2 is 2.00 bits per heavy atom. The lowest BCUT2D eigenvalue weighted by Gasteiger charge is -2.04. The maximum absolute atomic E-state index is 11.7. The van der Waals surface area contributed by atoms with Gasteiger partial charge >= 0.3 is 0 Å². The summed E-state index contributed by atoms with van der Waals surface area (Å²) < 4.78 is 1.69. The highest BCUT2D eigenvalue weighted by Crippen LogP contribution is 2.14. The summed E-state index contributed by atoms with van der Waals surface area (Å²) in [6.45, 7) is 4.45. The predicted octanol–water partition coefficient (Wildman–Crippen LogP) is 0.0692. The van der Waals surface area contributed by atoms with Gasteiger partial charge in [-0.3, -0.25) is 9.59 Å². The van der Waals surface area contributed by atoms with Gasteiger partial charge in [-0.25, -0.2) is 0 Å². The van der Waals surface area contributed by atoms with Crippen LogP contribution < -0.4 is 10.6 Å². The fourth-order valence-electron chi connectivity index (χ4n) is 1.74. The number of carbonyl (C=O) groups is 2. The molecule has 9 heteroatoms. The molecule has 2 rings (SSSR count). The molecule has 2 aromatic heterocycles. The van der Waals surface area contributed by atoms with E-state index in [1.54, 1.807) is 4.52 Å². The SMILES string of the molecule is CC(=O)NCCCNC(=O)CCc1nn2c(C)nnc2s1. The van der Waals surface area contributed by atoms with Crippen LogP contribution in [0.5, 0.6) is 0 Å². The number of carbonyl (C=O) groups excluding carboxylic acids is 2. The van der Waals surface area contributed by atoms with Crippen LogP contribution in [0.25, 0.3) is 4.96 Å². The van der Waals surface area contributed by atoms with Gasteiger partial charge in [0.1, 0.15) is 5.01 Å². The van der Waals surface area contributed by atoms with Crippen LogP contribution in [0, 0.1) is 6.92 Å². The number of aromatic nitrogens is 4. The zero-order valence-electron chi connectivity index (χ0n) is 12.0. The highest BCUT2D eigenvalue weighted by Gasteiger charge is 2.10. The quantitative estimate of drug-likeness (QED) is 0.705. The second kappa shape index (κ2) is 7.11. The molecule has 2 aromatic rings. The molecule has 0 aliphatic heterocycles. The zero-order valence-corrected chi connectivity index (χ0v) is 12.9. The van der Waals surface area contributed by atoms with Gasteiger partial charge in [-0.05, 0) is 13.3 Å². The highest BCUT2D eigenvalue weighted by atomic mass is 32.1. The molecule has 0 aliphatic rings. The summed E-state index contributed by atoms with van der Waals surface area (Å²) in [4.78, 5) is 23.1. The topological polar surface area (TPSA) is 101 Å². The molecular weight excluding hydrogens is 292 g/mol. The van der Waals surface area contributed by atoms with Crippen molar-refractivity contribution >= 4 is 28.1 Å². The normalized spacial score (nSPS) is 10.8. The summed E-state index contributed by atoms with van der Waals surface area (Å²) in [5, 5.41) is 18.6. The number of amides is 2. The van der Waals surface area contributed by atoms with Gasteiger partial charge in [-0.15, -0.1) is 10.2 Å². The maximum atomic E-state index is 11.7. The van der Waals surface area contributed by atoms with E-state index in [0.717, 1.165) is 22.2 Å². The number of nitrogens with zero attached hydrogens (tertiary/aromatic N) is 4. The van der Waals surface area contributed by atoms with E-state index in [-0.39, 0.29) is 11.8 Å². The Morgan fingerprint density at radius 1 is 1.24 bits per heavy atom. The summed E-state index contributed by atoms with van der Waals surface area (Å²) in [5.74, 6) is 0.676. The molecule has 0 atom stereocenters. The molecule has 0 aromatic carbocycles. The molecule has 2 amide bonds. The van der Waals surface area contributed by atoms with Gasteiger partial charge in [0.05, 0.1) is 0 Å². The Morgan fingerprint density at radius 3 is 2.71 bits per heavy atom. The molecule has 0 fully saturated rings. The molecule has 2 N–H and O–H groups in total. The average molecular weight is 310 g/mol.